The fraction of sp³-hybridized carbons (Fsp3) is 0.692. The van der Waals surface area contributed by atoms with Gasteiger partial charge in [0.25, 0.3) is 0 Å². The standard InChI is InChI=1S/C26H36N6O/c1-16-13-17(2)23-19(14-16)15-21(26(33)27-23)24(31-12-11-18-7-3-6-10-22(18)31)25-28-29-30-32(25)20-8-4-5-9-20/h3,6-7,10,16-17,19-21,23-24H,4-5,8-9,11-15H2,1-2H3,(H,27,33). The van der Waals surface area contributed by atoms with Crippen molar-refractivity contribution in [2.45, 2.75) is 83.3 Å². The van der Waals surface area contributed by atoms with Crippen LogP contribution in [0.3, 0.4) is 0 Å². The van der Waals surface area contributed by atoms with Crippen molar-refractivity contribution in [2.75, 3.05) is 11.4 Å². The number of nitrogens with one attached hydrogen (secondary N) is 1. The topological polar surface area (TPSA) is 75.9 Å². The Morgan fingerprint density at radius 3 is 2.76 bits per heavy atom. The Bertz CT molecular complexity index is 1010. The molecule has 3 heterocycles. The fourth-order valence-electron chi connectivity index (χ4n) is 7.48. The van der Waals surface area contributed by atoms with Crippen LogP contribution in [0, 0.1) is 23.7 Å². The quantitative estimate of drug-likeness (QED) is 0.763. The van der Waals surface area contributed by atoms with Gasteiger partial charge in [-0.15, -0.1) is 5.10 Å². The van der Waals surface area contributed by atoms with E-state index in [1.807, 2.05) is 0 Å². The Morgan fingerprint density at radius 1 is 1.09 bits per heavy atom. The predicted octanol–water partition coefficient (Wildman–Crippen LogP) is 4.08. The summed E-state index contributed by atoms with van der Waals surface area (Å²) in [5.41, 5.74) is 2.60. The first-order chi connectivity index (χ1) is 16.1. The number of nitrogens with zero attached hydrogens (tertiary/aromatic N) is 5. The molecule has 3 fully saturated rings. The van der Waals surface area contributed by atoms with Crippen molar-refractivity contribution >= 4 is 11.6 Å². The molecule has 2 aliphatic carbocycles. The zero-order chi connectivity index (χ0) is 22.5. The van der Waals surface area contributed by atoms with Crippen molar-refractivity contribution in [1.82, 2.24) is 25.5 Å². The molecule has 1 aromatic carbocycles. The third-order valence-corrected chi connectivity index (χ3v) is 8.90. The molecular weight excluding hydrogens is 412 g/mol. The van der Waals surface area contributed by atoms with Crippen LogP contribution in [-0.4, -0.2) is 38.7 Å². The van der Waals surface area contributed by atoms with Crippen molar-refractivity contribution in [3.63, 3.8) is 0 Å². The van der Waals surface area contributed by atoms with Gasteiger partial charge in [-0.1, -0.05) is 44.9 Å². The van der Waals surface area contributed by atoms with E-state index in [-0.39, 0.29) is 17.9 Å². The summed E-state index contributed by atoms with van der Waals surface area (Å²) in [6.45, 7) is 5.59. The molecule has 1 saturated heterocycles. The maximum Gasteiger partial charge on any atom is 0.225 e. The Kier molecular flexibility index (Phi) is 5.38. The van der Waals surface area contributed by atoms with Gasteiger partial charge in [-0.2, -0.15) is 0 Å². The molecule has 6 unspecified atom stereocenters. The van der Waals surface area contributed by atoms with Gasteiger partial charge < -0.3 is 10.2 Å². The molecule has 6 atom stereocenters. The normalized spacial score (nSPS) is 33.0. The number of carbonyl (C=O) groups excluding carboxylic acids is 1. The molecule has 0 spiro atoms. The van der Waals surface area contributed by atoms with Gasteiger partial charge in [0.05, 0.1) is 12.0 Å². The van der Waals surface area contributed by atoms with E-state index in [1.54, 1.807) is 0 Å². The van der Waals surface area contributed by atoms with Gasteiger partial charge in [0.1, 0.15) is 6.04 Å². The molecule has 7 nitrogen and oxygen atoms in total. The summed E-state index contributed by atoms with van der Waals surface area (Å²) in [6, 6.07) is 9.17. The van der Waals surface area contributed by atoms with Gasteiger partial charge in [-0.3, -0.25) is 4.79 Å². The number of hydrogen-bond donors (Lipinski definition) is 1. The highest BCUT2D eigenvalue weighted by Gasteiger charge is 2.48. The second-order valence-electron chi connectivity index (χ2n) is 11.1. The Labute approximate surface area is 196 Å². The lowest BCUT2D eigenvalue weighted by molar-refractivity contribution is -0.132. The first kappa shape index (κ1) is 21.1. The Hall–Kier alpha value is -2.44. The highest BCUT2D eigenvalue weighted by Crippen LogP contribution is 2.46. The predicted molar refractivity (Wildman–Crippen MR) is 127 cm³/mol. The highest BCUT2D eigenvalue weighted by molar-refractivity contribution is 5.82. The lowest BCUT2D eigenvalue weighted by Gasteiger charge is -2.47. The zero-order valence-corrected chi connectivity index (χ0v) is 19.9. The molecule has 0 radical (unpaired) electrons. The van der Waals surface area contributed by atoms with E-state index in [0.29, 0.717) is 29.8 Å². The van der Waals surface area contributed by atoms with Crippen LogP contribution in [0.15, 0.2) is 24.3 Å². The van der Waals surface area contributed by atoms with E-state index >= 15 is 0 Å². The van der Waals surface area contributed by atoms with Crippen LogP contribution in [0.2, 0.25) is 0 Å². The summed E-state index contributed by atoms with van der Waals surface area (Å²) in [5, 5.41) is 16.7. The molecule has 2 saturated carbocycles. The van der Waals surface area contributed by atoms with Crippen molar-refractivity contribution in [3.8, 4) is 0 Å². The summed E-state index contributed by atoms with van der Waals surface area (Å²) in [7, 11) is 0. The molecule has 6 rings (SSSR count). The first-order valence-electron chi connectivity index (χ1n) is 13.0. The van der Waals surface area contributed by atoms with E-state index in [4.69, 9.17) is 0 Å². The van der Waals surface area contributed by atoms with Crippen LogP contribution in [0.4, 0.5) is 5.69 Å². The van der Waals surface area contributed by atoms with Crippen LogP contribution >= 0.6 is 0 Å². The van der Waals surface area contributed by atoms with Crippen LogP contribution < -0.4 is 10.2 Å². The van der Waals surface area contributed by atoms with E-state index in [9.17, 15) is 4.79 Å². The summed E-state index contributed by atoms with van der Waals surface area (Å²) in [6.07, 6.45) is 9.03. The smallest absolute Gasteiger partial charge is 0.225 e. The maximum absolute atomic E-state index is 13.7. The van der Waals surface area contributed by atoms with Gasteiger partial charge in [0.15, 0.2) is 5.82 Å². The summed E-state index contributed by atoms with van der Waals surface area (Å²) in [4.78, 5) is 16.1. The van der Waals surface area contributed by atoms with Crippen molar-refractivity contribution in [3.05, 3.63) is 35.7 Å². The highest BCUT2D eigenvalue weighted by atomic mass is 16.2. The van der Waals surface area contributed by atoms with Gasteiger partial charge in [-0.05, 0) is 78.3 Å². The van der Waals surface area contributed by atoms with Gasteiger partial charge in [0, 0.05) is 18.3 Å². The molecule has 7 heteroatoms. The lowest BCUT2D eigenvalue weighted by atomic mass is 9.67. The van der Waals surface area contributed by atoms with Crippen molar-refractivity contribution < 1.29 is 4.79 Å². The first-order valence-corrected chi connectivity index (χ1v) is 13.0. The SMILES string of the molecule is CC1CC(C)C2NC(=O)C(C(c3nnnn3C3CCCC3)N3CCc4ccccc43)CC2C1. The Balaban J connectivity index is 1.40. The minimum atomic E-state index is -0.138. The van der Waals surface area contributed by atoms with Crippen LogP contribution in [0.1, 0.15) is 82.3 Å². The minimum Gasteiger partial charge on any atom is -0.360 e. The molecule has 33 heavy (non-hydrogen) atoms. The molecule has 2 aromatic rings. The van der Waals surface area contributed by atoms with E-state index in [1.165, 1.54) is 36.9 Å². The molecule has 176 valence electrons. The largest absolute Gasteiger partial charge is 0.360 e. The summed E-state index contributed by atoms with van der Waals surface area (Å²) >= 11 is 0. The number of tetrazole rings is 1. The molecule has 4 aliphatic rings. The van der Waals surface area contributed by atoms with E-state index in [2.05, 4.69) is 68.5 Å². The van der Waals surface area contributed by atoms with E-state index < -0.39 is 0 Å². The lowest BCUT2D eigenvalue weighted by Crippen LogP contribution is -2.57. The number of amides is 1. The summed E-state index contributed by atoms with van der Waals surface area (Å²) < 4.78 is 2.07. The molecule has 1 N–H and O–H groups in total. The van der Waals surface area contributed by atoms with Crippen molar-refractivity contribution in [1.29, 1.82) is 0 Å². The number of aromatic nitrogens is 4. The zero-order valence-electron chi connectivity index (χ0n) is 19.9. The van der Waals surface area contributed by atoms with Gasteiger partial charge in [0.2, 0.25) is 5.91 Å². The van der Waals surface area contributed by atoms with Gasteiger partial charge >= 0.3 is 0 Å². The monoisotopic (exact) mass is 448 g/mol. The van der Waals surface area contributed by atoms with Gasteiger partial charge in [-0.25, -0.2) is 4.68 Å². The molecule has 1 amide bonds. The van der Waals surface area contributed by atoms with E-state index in [0.717, 1.165) is 38.1 Å². The number of rotatable bonds is 4. The Morgan fingerprint density at radius 2 is 1.91 bits per heavy atom. The van der Waals surface area contributed by atoms with Crippen LogP contribution in [-0.2, 0) is 11.2 Å². The third kappa shape index (κ3) is 3.64. The third-order valence-electron chi connectivity index (χ3n) is 8.90. The van der Waals surface area contributed by atoms with Crippen LogP contribution in [0.25, 0.3) is 0 Å². The number of carbonyl (C=O) groups is 1. The number of benzene rings is 1. The molecular formula is C26H36N6O. The number of piperidine rings is 1. The summed E-state index contributed by atoms with van der Waals surface area (Å²) in [5.74, 6) is 2.72. The fourth-order valence-corrected chi connectivity index (χ4v) is 7.48. The van der Waals surface area contributed by atoms with Crippen molar-refractivity contribution in [2.24, 2.45) is 23.7 Å². The minimum absolute atomic E-state index is 0.127. The second-order valence-corrected chi connectivity index (χ2v) is 11.1. The number of para-hydroxylation sites is 1. The number of fused-ring (bicyclic) bond motifs is 2. The molecule has 0 bridgehead atoms. The molecule has 2 aliphatic heterocycles. The second kappa shape index (κ2) is 8.41. The molecule has 1 aromatic heterocycles. The maximum atomic E-state index is 13.7. The number of hydrogen-bond acceptors (Lipinski definition) is 5. The number of anilines is 1. The average molecular weight is 449 g/mol. The average Bonchev–Trinajstić information content (AvgIpc) is 3.56. The van der Waals surface area contributed by atoms with Crippen LogP contribution in [0.5, 0.6) is 0 Å².